The summed E-state index contributed by atoms with van der Waals surface area (Å²) >= 11 is 0. The molecule has 0 aromatic rings. The molecule has 0 heterocycles. The molecule has 0 saturated heterocycles. The third-order valence-corrected chi connectivity index (χ3v) is 2.54. The maximum absolute atomic E-state index is 8.76. The van der Waals surface area contributed by atoms with Crippen LogP contribution in [0.1, 0.15) is 34.1 Å². The first-order valence-electron chi connectivity index (χ1n) is 4.80. The number of aliphatic imine (C=N–C) groups is 1. The van der Waals surface area contributed by atoms with Gasteiger partial charge in [0.2, 0.25) is 0 Å². The van der Waals surface area contributed by atoms with Gasteiger partial charge in [-0.2, -0.15) is 5.26 Å². The smallest absolute Gasteiger partial charge is 0.0988 e. The van der Waals surface area contributed by atoms with Crippen LogP contribution >= 0.6 is 0 Å². The summed E-state index contributed by atoms with van der Waals surface area (Å²) in [5.74, 6) is 0. The fourth-order valence-corrected chi connectivity index (χ4v) is 1.62. The summed E-state index contributed by atoms with van der Waals surface area (Å²) in [6, 6.07) is 2.16. The maximum Gasteiger partial charge on any atom is 0.0988 e. The first-order chi connectivity index (χ1) is 6.48. The van der Waals surface area contributed by atoms with Gasteiger partial charge in [-0.05, 0) is 45.8 Å². The van der Waals surface area contributed by atoms with Crippen LogP contribution in [-0.2, 0) is 0 Å². The Bertz CT molecular complexity index is 362. The minimum absolute atomic E-state index is 0.140. The summed E-state index contributed by atoms with van der Waals surface area (Å²) in [5, 5.41) is 8.76. The van der Waals surface area contributed by atoms with Crippen LogP contribution in [0, 0.1) is 11.3 Å². The van der Waals surface area contributed by atoms with E-state index in [4.69, 9.17) is 5.26 Å². The molecule has 0 amide bonds. The van der Waals surface area contributed by atoms with Crippen molar-refractivity contribution in [3.05, 3.63) is 23.3 Å². The lowest BCUT2D eigenvalue weighted by Gasteiger charge is -2.28. The summed E-state index contributed by atoms with van der Waals surface area (Å²) in [5.41, 5.74) is 2.86. The van der Waals surface area contributed by atoms with Gasteiger partial charge in [-0.25, -0.2) is 0 Å². The van der Waals surface area contributed by atoms with E-state index in [1.165, 1.54) is 0 Å². The minimum atomic E-state index is -0.140. The SMILES string of the molecule is CC1=CC(C#N)=CCC1(C)N=C(C)C. The van der Waals surface area contributed by atoms with Crippen LogP contribution in [0.15, 0.2) is 28.3 Å². The second-order valence-electron chi connectivity index (χ2n) is 4.14. The third-order valence-electron chi connectivity index (χ3n) is 2.54. The van der Waals surface area contributed by atoms with Crippen LogP contribution in [-0.4, -0.2) is 11.3 Å². The molecule has 1 atom stereocenters. The predicted molar refractivity (Wildman–Crippen MR) is 59.3 cm³/mol. The van der Waals surface area contributed by atoms with Gasteiger partial charge < -0.3 is 0 Å². The van der Waals surface area contributed by atoms with Gasteiger partial charge >= 0.3 is 0 Å². The zero-order valence-corrected chi connectivity index (χ0v) is 9.26. The number of allylic oxidation sites excluding steroid dienone is 2. The van der Waals surface area contributed by atoms with E-state index < -0.39 is 0 Å². The molecule has 74 valence electrons. The Kier molecular flexibility index (Phi) is 2.90. The van der Waals surface area contributed by atoms with E-state index in [0.29, 0.717) is 0 Å². The Labute approximate surface area is 85.7 Å². The molecule has 0 fully saturated rings. The van der Waals surface area contributed by atoms with Gasteiger partial charge in [-0.3, -0.25) is 4.99 Å². The Hall–Kier alpha value is -1.36. The van der Waals surface area contributed by atoms with Gasteiger partial charge in [-0.1, -0.05) is 6.08 Å². The van der Waals surface area contributed by atoms with Crippen LogP contribution in [0.3, 0.4) is 0 Å². The molecule has 0 aliphatic heterocycles. The van der Waals surface area contributed by atoms with Crippen molar-refractivity contribution in [1.82, 2.24) is 0 Å². The standard InChI is InChI=1S/C12H16N2/c1-9(2)14-12(4)6-5-11(8-13)7-10(12)3/h5,7H,6H2,1-4H3. The molecule has 0 saturated carbocycles. The summed E-state index contributed by atoms with van der Waals surface area (Å²) < 4.78 is 0. The van der Waals surface area contributed by atoms with E-state index in [-0.39, 0.29) is 5.54 Å². The van der Waals surface area contributed by atoms with E-state index >= 15 is 0 Å². The maximum atomic E-state index is 8.76. The Balaban J connectivity index is 3.01. The summed E-state index contributed by atoms with van der Waals surface area (Å²) in [6.45, 7) is 8.15. The Morgan fingerprint density at radius 1 is 1.57 bits per heavy atom. The molecule has 0 aromatic heterocycles. The van der Waals surface area contributed by atoms with Crippen molar-refractivity contribution in [2.45, 2.75) is 39.7 Å². The first kappa shape index (κ1) is 10.7. The van der Waals surface area contributed by atoms with E-state index in [9.17, 15) is 0 Å². The van der Waals surface area contributed by atoms with Crippen molar-refractivity contribution >= 4 is 5.71 Å². The number of rotatable bonds is 1. The number of hydrogen-bond acceptors (Lipinski definition) is 2. The van der Waals surface area contributed by atoms with Crippen LogP contribution in [0.25, 0.3) is 0 Å². The van der Waals surface area contributed by atoms with Crippen LogP contribution in [0.2, 0.25) is 0 Å². The molecular formula is C12H16N2. The summed E-state index contributed by atoms with van der Waals surface area (Å²) in [4.78, 5) is 4.61. The highest BCUT2D eigenvalue weighted by Gasteiger charge is 2.26. The van der Waals surface area contributed by atoms with Crippen molar-refractivity contribution in [2.75, 3.05) is 0 Å². The summed E-state index contributed by atoms with van der Waals surface area (Å²) in [7, 11) is 0. The molecule has 1 aliphatic carbocycles. The van der Waals surface area contributed by atoms with Crippen molar-refractivity contribution in [1.29, 1.82) is 5.26 Å². The molecule has 2 nitrogen and oxygen atoms in total. The fraction of sp³-hybridized carbons (Fsp3) is 0.500. The first-order valence-corrected chi connectivity index (χ1v) is 4.80. The van der Waals surface area contributed by atoms with Gasteiger partial charge in [0.1, 0.15) is 0 Å². The molecule has 0 N–H and O–H groups in total. The van der Waals surface area contributed by atoms with Gasteiger partial charge in [0, 0.05) is 11.3 Å². The quantitative estimate of drug-likeness (QED) is 0.583. The van der Waals surface area contributed by atoms with E-state index in [0.717, 1.165) is 23.3 Å². The average molecular weight is 188 g/mol. The zero-order valence-electron chi connectivity index (χ0n) is 9.26. The number of nitriles is 1. The van der Waals surface area contributed by atoms with Crippen LogP contribution in [0.4, 0.5) is 0 Å². The second-order valence-corrected chi connectivity index (χ2v) is 4.14. The van der Waals surface area contributed by atoms with Gasteiger partial charge in [0.05, 0.1) is 11.6 Å². The average Bonchev–Trinajstić information content (AvgIpc) is 2.09. The second kappa shape index (κ2) is 3.79. The zero-order chi connectivity index (χ0) is 10.8. The lowest BCUT2D eigenvalue weighted by Crippen LogP contribution is -2.26. The van der Waals surface area contributed by atoms with Crippen molar-refractivity contribution in [3.8, 4) is 6.07 Å². The van der Waals surface area contributed by atoms with Gasteiger partial charge in [0.25, 0.3) is 0 Å². The molecule has 14 heavy (non-hydrogen) atoms. The highest BCUT2D eigenvalue weighted by atomic mass is 14.9. The molecule has 0 aromatic carbocycles. The lowest BCUT2D eigenvalue weighted by atomic mass is 9.84. The van der Waals surface area contributed by atoms with E-state index in [2.05, 4.69) is 18.0 Å². The molecular weight excluding hydrogens is 172 g/mol. The minimum Gasteiger partial charge on any atom is -0.284 e. The largest absolute Gasteiger partial charge is 0.284 e. The topological polar surface area (TPSA) is 36.1 Å². The monoisotopic (exact) mass is 188 g/mol. The molecule has 0 radical (unpaired) electrons. The van der Waals surface area contributed by atoms with Crippen LogP contribution < -0.4 is 0 Å². The van der Waals surface area contributed by atoms with Crippen LogP contribution in [0.5, 0.6) is 0 Å². The normalized spacial score (nSPS) is 25.9. The molecule has 0 spiro atoms. The molecule has 1 aliphatic rings. The molecule has 1 unspecified atom stereocenters. The summed E-state index contributed by atoms with van der Waals surface area (Å²) in [6.07, 6.45) is 4.71. The third kappa shape index (κ3) is 2.11. The Morgan fingerprint density at radius 2 is 2.21 bits per heavy atom. The Morgan fingerprint density at radius 3 is 2.64 bits per heavy atom. The van der Waals surface area contributed by atoms with Gasteiger partial charge in [-0.15, -0.1) is 0 Å². The van der Waals surface area contributed by atoms with Crippen molar-refractivity contribution in [3.63, 3.8) is 0 Å². The predicted octanol–water partition coefficient (Wildman–Crippen LogP) is 3.03. The molecule has 2 heteroatoms. The fourth-order valence-electron chi connectivity index (χ4n) is 1.62. The van der Waals surface area contributed by atoms with Gasteiger partial charge in [0.15, 0.2) is 0 Å². The highest BCUT2D eigenvalue weighted by molar-refractivity contribution is 5.80. The van der Waals surface area contributed by atoms with Crippen molar-refractivity contribution < 1.29 is 0 Å². The van der Waals surface area contributed by atoms with E-state index in [1.807, 2.05) is 32.9 Å². The highest BCUT2D eigenvalue weighted by Crippen LogP contribution is 2.31. The number of nitrogens with zero attached hydrogens (tertiary/aromatic N) is 2. The lowest BCUT2D eigenvalue weighted by molar-refractivity contribution is 0.553. The molecule has 1 rings (SSSR count). The number of hydrogen-bond donors (Lipinski definition) is 0. The molecule has 0 bridgehead atoms. The van der Waals surface area contributed by atoms with E-state index in [1.54, 1.807) is 0 Å². The van der Waals surface area contributed by atoms with Crippen molar-refractivity contribution in [2.24, 2.45) is 4.99 Å².